The number of hydrogen-bond acceptors (Lipinski definition) is 4. The standard InChI is InChI=1S/C13H19FN2O2/c1-9-3-4-15-13(14)12(9)18-8-11-5-10(6-16-11)7-17-2/h3-4,10-11,16H,5-8H2,1-2H3. The van der Waals surface area contributed by atoms with Gasteiger partial charge in [0, 0.05) is 25.9 Å². The highest BCUT2D eigenvalue weighted by molar-refractivity contribution is 5.29. The van der Waals surface area contributed by atoms with Crippen LogP contribution in [0.25, 0.3) is 0 Å². The third kappa shape index (κ3) is 3.17. The molecule has 2 unspecified atom stereocenters. The molecule has 0 radical (unpaired) electrons. The fourth-order valence-electron chi connectivity index (χ4n) is 2.26. The molecule has 0 saturated carbocycles. The Balaban J connectivity index is 1.85. The van der Waals surface area contributed by atoms with Crippen molar-refractivity contribution in [1.29, 1.82) is 0 Å². The summed E-state index contributed by atoms with van der Waals surface area (Å²) in [5.41, 5.74) is 0.772. The molecule has 0 aromatic carbocycles. The van der Waals surface area contributed by atoms with Crippen molar-refractivity contribution in [1.82, 2.24) is 10.3 Å². The molecule has 0 bridgehead atoms. The summed E-state index contributed by atoms with van der Waals surface area (Å²) >= 11 is 0. The number of rotatable bonds is 5. The van der Waals surface area contributed by atoms with Gasteiger partial charge in [-0.1, -0.05) is 0 Å². The maximum Gasteiger partial charge on any atom is 0.255 e. The summed E-state index contributed by atoms with van der Waals surface area (Å²) in [4.78, 5) is 3.60. The van der Waals surface area contributed by atoms with E-state index in [-0.39, 0.29) is 11.8 Å². The maximum absolute atomic E-state index is 13.4. The van der Waals surface area contributed by atoms with Crippen molar-refractivity contribution in [2.75, 3.05) is 26.9 Å². The molecule has 5 heteroatoms. The first-order chi connectivity index (χ1) is 8.70. The van der Waals surface area contributed by atoms with Gasteiger partial charge in [0.1, 0.15) is 6.61 Å². The Morgan fingerprint density at radius 1 is 1.50 bits per heavy atom. The fourth-order valence-corrected chi connectivity index (χ4v) is 2.26. The lowest BCUT2D eigenvalue weighted by Gasteiger charge is -2.14. The molecule has 2 heterocycles. The van der Waals surface area contributed by atoms with Gasteiger partial charge >= 0.3 is 0 Å². The zero-order valence-corrected chi connectivity index (χ0v) is 10.8. The van der Waals surface area contributed by atoms with Crippen LogP contribution in [0.2, 0.25) is 0 Å². The highest BCUT2D eigenvalue weighted by atomic mass is 19.1. The minimum atomic E-state index is -0.540. The van der Waals surface area contributed by atoms with Crippen LogP contribution in [0.3, 0.4) is 0 Å². The van der Waals surface area contributed by atoms with E-state index in [1.54, 1.807) is 13.2 Å². The van der Waals surface area contributed by atoms with E-state index in [0.717, 1.165) is 25.1 Å². The second-order valence-corrected chi connectivity index (χ2v) is 4.72. The Labute approximate surface area is 107 Å². The van der Waals surface area contributed by atoms with Gasteiger partial charge in [0.05, 0.1) is 6.61 Å². The number of ether oxygens (including phenoxy) is 2. The van der Waals surface area contributed by atoms with Crippen LogP contribution >= 0.6 is 0 Å². The predicted molar refractivity (Wildman–Crippen MR) is 66.2 cm³/mol. The van der Waals surface area contributed by atoms with Gasteiger partial charge in [-0.3, -0.25) is 0 Å². The van der Waals surface area contributed by atoms with Crippen molar-refractivity contribution < 1.29 is 13.9 Å². The fraction of sp³-hybridized carbons (Fsp3) is 0.615. The molecule has 1 fully saturated rings. The largest absolute Gasteiger partial charge is 0.487 e. The summed E-state index contributed by atoms with van der Waals surface area (Å²) in [6.45, 7) is 3.96. The van der Waals surface area contributed by atoms with Gasteiger partial charge in [0.2, 0.25) is 0 Å². The third-order valence-corrected chi connectivity index (χ3v) is 3.20. The second-order valence-electron chi connectivity index (χ2n) is 4.72. The lowest BCUT2D eigenvalue weighted by Crippen LogP contribution is -2.28. The molecule has 2 atom stereocenters. The van der Waals surface area contributed by atoms with Crippen LogP contribution in [-0.4, -0.2) is 37.9 Å². The van der Waals surface area contributed by atoms with Crippen LogP contribution in [0.4, 0.5) is 4.39 Å². The third-order valence-electron chi connectivity index (χ3n) is 3.20. The van der Waals surface area contributed by atoms with Gasteiger partial charge in [-0.05, 0) is 30.9 Å². The van der Waals surface area contributed by atoms with Gasteiger partial charge in [-0.2, -0.15) is 4.39 Å². The molecule has 100 valence electrons. The van der Waals surface area contributed by atoms with Crippen molar-refractivity contribution in [3.63, 3.8) is 0 Å². The highest BCUT2D eigenvalue weighted by Gasteiger charge is 2.24. The highest BCUT2D eigenvalue weighted by Crippen LogP contribution is 2.21. The van der Waals surface area contributed by atoms with E-state index in [1.807, 2.05) is 6.92 Å². The van der Waals surface area contributed by atoms with Crippen molar-refractivity contribution in [2.24, 2.45) is 5.92 Å². The Kier molecular flexibility index (Phi) is 4.49. The molecule has 0 spiro atoms. The summed E-state index contributed by atoms with van der Waals surface area (Å²) in [6.07, 6.45) is 2.44. The zero-order valence-electron chi connectivity index (χ0n) is 10.8. The van der Waals surface area contributed by atoms with E-state index in [0.29, 0.717) is 12.5 Å². The molecule has 1 aromatic rings. The van der Waals surface area contributed by atoms with Gasteiger partial charge in [-0.15, -0.1) is 0 Å². The molecule has 18 heavy (non-hydrogen) atoms. The molecule has 2 rings (SSSR count). The minimum Gasteiger partial charge on any atom is -0.487 e. The summed E-state index contributed by atoms with van der Waals surface area (Å²) in [6, 6.07) is 2.00. The van der Waals surface area contributed by atoms with Crippen LogP contribution < -0.4 is 10.1 Å². The lowest BCUT2D eigenvalue weighted by atomic mass is 10.1. The minimum absolute atomic E-state index is 0.254. The van der Waals surface area contributed by atoms with Gasteiger partial charge < -0.3 is 14.8 Å². The van der Waals surface area contributed by atoms with Crippen LogP contribution in [-0.2, 0) is 4.74 Å². The van der Waals surface area contributed by atoms with Gasteiger partial charge in [0.25, 0.3) is 5.95 Å². The maximum atomic E-state index is 13.4. The summed E-state index contributed by atoms with van der Waals surface area (Å²) in [5.74, 6) is 0.236. The molecule has 1 aliphatic heterocycles. The van der Waals surface area contributed by atoms with E-state index < -0.39 is 5.95 Å². The normalized spacial score (nSPS) is 23.3. The molecule has 1 N–H and O–H groups in total. The Bertz CT molecular complexity index is 380. The van der Waals surface area contributed by atoms with Crippen molar-refractivity contribution >= 4 is 0 Å². The van der Waals surface area contributed by atoms with Crippen LogP contribution in [0.15, 0.2) is 12.3 Å². The number of hydrogen-bond donors (Lipinski definition) is 1. The molecule has 1 saturated heterocycles. The van der Waals surface area contributed by atoms with E-state index >= 15 is 0 Å². The molecular formula is C13H19FN2O2. The lowest BCUT2D eigenvalue weighted by molar-refractivity contribution is 0.157. The van der Waals surface area contributed by atoms with Crippen molar-refractivity contribution in [2.45, 2.75) is 19.4 Å². The van der Waals surface area contributed by atoms with Gasteiger partial charge in [0.15, 0.2) is 5.75 Å². The first kappa shape index (κ1) is 13.2. The van der Waals surface area contributed by atoms with Crippen LogP contribution in [0.5, 0.6) is 5.75 Å². The Morgan fingerprint density at radius 2 is 2.33 bits per heavy atom. The number of aromatic nitrogens is 1. The number of aryl methyl sites for hydroxylation is 1. The summed E-state index contributed by atoms with van der Waals surface area (Å²) < 4.78 is 24.1. The first-order valence-corrected chi connectivity index (χ1v) is 6.17. The number of halogens is 1. The van der Waals surface area contributed by atoms with E-state index in [1.165, 1.54) is 6.20 Å². The number of nitrogens with zero attached hydrogens (tertiary/aromatic N) is 1. The molecule has 4 nitrogen and oxygen atoms in total. The molecule has 1 aliphatic rings. The monoisotopic (exact) mass is 254 g/mol. The predicted octanol–water partition coefficient (Wildman–Crippen LogP) is 1.53. The smallest absolute Gasteiger partial charge is 0.255 e. The van der Waals surface area contributed by atoms with E-state index in [9.17, 15) is 4.39 Å². The Hall–Kier alpha value is -1.20. The van der Waals surface area contributed by atoms with E-state index in [2.05, 4.69) is 10.3 Å². The molecule has 1 aromatic heterocycles. The number of methoxy groups -OCH3 is 1. The zero-order chi connectivity index (χ0) is 13.0. The van der Waals surface area contributed by atoms with Crippen molar-refractivity contribution in [3.05, 3.63) is 23.8 Å². The molecular weight excluding hydrogens is 235 g/mol. The van der Waals surface area contributed by atoms with Crippen LogP contribution in [0.1, 0.15) is 12.0 Å². The number of nitrogens with one attached hydrogen (secondary N) is 1. The van der Waals surface area contributed by atoms with Gasteiger partial charge in [-0.25, -0.2) is 4.98 Å². The SMILES string of the molecule is COCC1CNC(COc2c(C)ccnc2F)C1. The average molecular weight is 254 g/mol. The summed E-state index contributed by atoms with van der Waals surface area (Å²) in [5, 5.41) is 3.35. The first-order valence-electron chi connectivity index (χ1n) is 6.17. The summed E-state index contributed by atoms with van der Waals surface area (Å²) in [7, 11) is 1.71. The Morgan fingerprint density at radius 3 is 3.06 bits per heavy atom. The quantitative estimate of drug-likeness (QED) is 0.809. The topological polar surface area (TPSA) is 43.4 Å². The molecule has 0 amide bonds. The molecule has 0 aliphatic carbocycles. The number of pyridine rings is 1. The average Bonchev–Trinajstić information content (AvgIpc) is 2.77. The van der Waals surface area contributed by atoms with Crippen LogP contribution in [0, 0.1) is 18.8 Å². The second kappa shape index (κ2) is 6.11. The van der Waals surface area contributed by atoms with E-state index in [4.69, 9.17) is 9.47 Å². The van der Waals surface area contributed by atoms with Crippen molar-refractivity contribution in [3.8, 4) is 5.75 Å².